The van der Waals surface area contributed by atoms with E-state index < -0.39 is 29.3 Å². The summed E-state index contributed by atoms with van der Waals surface area (Å²) in [6.07, 6.45) is 3.09. The fourth-order valence-electron chi connectivity index (χ4n) is 3.72. The molecular weight excluding hydrogens is 487 g/mol. The van der Waals surface area contributed by atoms with Gasteiger partial charge in [0.05, 0.1) is 11.6 Å². The van der Waals surface area contributed by atoms with E-state index in [1.165, 1.54) is 58.5 Å². The molecular formula is C25H17FN4O3S2. The smallest absolute Gasteiger partial charge is 0.301 e. The minimum atomic E-state index is -0.964. The number of aliphatic hydroxyl groups excluding tert-OH is 1. The van der Waals surface area contributed by atoms with Crippen LogP contribution in [-0.4, -0.2) is 32.0 Å². The lowest BCUT2D eigenvalue weighted by Crippen LogP contribution is -2.29. The molecule has 0 aliphatic carbocycles. The normalized spacial score (nSPS) is 17.2. The number of hydrogen-bond acceptors (Lipinski definition) is 8. The molecule has 1 N–H and O–H groups in total. The van der Waals surface area contributed by atoms with Gasteiger partial charge in [-0.05, 0) is 41.5 Å². The lowest BCUT2D eigenvalue weighted by atomic mass is 9.96. The molecule has 5 rings (SSSR count). The molecule has 7 nitrogen and oxygen atoms in total. The Hall–Kier alpha value is -3.89. The van der Waals surface area contributed by atoms with Crippen LogP contribution in [0.1, 0.15) is 22.7 Å². The second-order valence-corrected chi connectivity index (χ2v) is 9.77. The minimum Gasteiger partial charge on any atom is -0.507 e. The van der Waals surface area contributed by atoms with Crippen LogP contribution in [0.2, 0.25) is 0 Å². The van der Waals surface area contributed by atoms with Gasteiger partial charge in [0.1, 0.15) is 11.6 Å². The van der Waals surface area contributed by atoms with Crippen molar-refractivity contribution in [2.24, 2.45) is 0 Å². The SMILES string of the molecule is O=C1C(=O)N(c2nnc(SCc3ccccc3)s2)C(c2cccnc2)/C1=C(/O)c1ccc(F)cc1. The molecule has 1 unspecified atom stereocenters. The summed E-state index contributed by atoms with van der Waals surface area (Å²) in [4.78, 5) is 31.6. The predicted octanol–water partition coefficient (Wildman–Crippen LogP) is 4.99. The number of aromatic nitrogens is 3. The van der Waals surface area contributed by atoms with Gasteiger partial charge in [-0.3, -0.25) is 19.5 Å². The summed E-state index contributed by atoms with van der Waals surface area (Å²) in [5.74, 6) is -1.92. The lowest BCUT2D eigenvalue weighted by Gasteiger charge is -2.22. The minimum absolute atomic E-state index is 0.122. The molecule has 10 heteroatoms. The van der Waals surface area contributed by atoms with Crippen molar-refractivity contribution in [1.82, 2.24) is 15.2 Å². The fraction of sp³-hybridized carbons (Fsp3) is 0.0800. The zero-order valence-corrected chi connectivity index (χ0v) is 19.7. The van der Waals surface area contributed by atoms with Gasteiger partial charge in [0.2, 0.25) is 5.13 Å². The van der Waals surface area contributed by atoms with E-state index >= 15 is 0 Å². The highest BCUT2D eigenvalue weighted by Crippen LogP contribution is 2.43. The van der Waals surface area contributed by atoms with E-state index in [0.717, 1.165) is 5.56 Å². The number of aliphatic hydroxyl groups is 1. The average Bonchev–Trinajstić information content (AvgIpc) is 3.46. The van der Waals surface area contributed by atoms with Crippen LogP contribution in [0.5, 0.6) is 0 Å². The number of Topliss-reactive ketones (excluding diaryl/α,β-unsaturated/α-hetero) is 1. The summed E-state index contributed by atoms with van der Waals surface area (Å²) < 4.78 is 14.0. The zero-order valence-electron chi connectivity index (χ0n) is 18.0. The van der Waals surface area contributed by atoms with Gasteiger partial charge >= 0.3 is 5.91 Å². The summed E-state index contributed by atoms with van der Waals surface area (Å²) in [7, 11) is 0. The number of ketones is 1. The third kappa shape index (κ3) is 4.58. The zero-order chi connectivity index (χ0) is 24.4. The Bertz CT molecular complexity index is 1410. The maximum Gasteiger partial charge on any atom is 0.301 e. The van der Waals surface area contributed by atoms with E-state index in [1.807, 2.05) is 30.3 Å². The fourth-order valence-corrected chi connectivity index (χ4v) is 5.55. The summed E-state index contributed by atoms with van der Waals surface area (Å²) in [6.45, 7) is 0. The van der Waals surface area contributed by atoms with Crippen molar-refractivity contribution in [3.8, 4) is 0 Å². The molecule has 0 bridgehead atoms. The average molecular weight is 505 g/mol. The van der Waals surface area contributed by atoms with Crippen LogP contribution < -0.4 is 4.90 Å². The number of hydrogen-bond donors (Lipinski definition) is 1. The van der Waals surface area contributed by atoms with Gasteiger partial charge in [-0.2, -0.15) is 0 Å². The van der Waals surface area contributed by atoms with Crippen molar-refractivity contribution >= 4 is 45.7 Å². The summed E-state index contributed by atoms with van der Waals surface area (Å²) in [6, 6.07) is 17.3. The first-order valence-electron chi connectivity index (χ1n) is 10.5. The molecule has 1 aliphatic heterocycles. The maximum atomic E-state index is 13.4. The third-order valence-corrected chi connectivity index (χ3v) is 7.50. The molecule has 35 heavy (non-hydrogen) atoms. The van der Waals surface area contributed by atoms with Gasteiger partial charge in [-0.15, -0.1) is 10.2 Å². The monoisotopic (exact) mass is 504 g/mol. The summed E-state index contributed by atoms with van der Waals surface area (Å²) >= 11 is 2.65. The number of amides is 1. The summed E-state index contributed by atoms with van der Waals surface area (Å²) in [5, 5.41) is 19.6. The van der Waals surface area contributed by atoms with Gasteiger partial charge in [0.15, 0.2) is 4.34 Å². The van der Waals surface area contributed by atoms with Gasteiger partial charge in [0.25, 0.3) is 5.78 Å². The van der Waals surface area contributed by atoms with Crippen molar-refractivity contribution in [2.45, 2.75) is 16.1 Å². The molecule has 3 heterocycles. The van der Waals surface area contributed by atoms with E-state index in [0.29, 0.717) is 15.7 Å². The molecule has 4 aromatic rings. The molecule has 1 fully saturated rings. The Kier molecular flexibility index (Phi) is 6.39. The highest BCUT2D eigenvalue weighted by atomic mass is 32.2. The molecule has 0 radical (unpaired) electrons. The Morgan fingerprint density at radius 2 is 1.80 bits per heavy atom. The number of thioether (sulfide) groups is 1. The highest BCUT2D eigenvalue weighted by Gasteiger charge is 2.48. The number of carbonyl (C=O) groups is 2. The predicted molar refractivity (Wildman–Crippen MR) is 131 cm³/mol. The quantitative estimate of drug-likeness (QED) is 0.130. The molecule has 1 amide bonds. The third-order valence-electron chi connectivity index (χ3n) is 5.37. The molecule has 1 saturated heterocycles. The van der Waals surface area contributed by atoms with Crippen molar-refractivity contribution in [2.75, 3.05) is 4.90 Å². The van der Waals surface area contributed by atoms with E-state index in [-0.39, 0.29) is 16.3 Å². The van der Waals surface area contributed by atoms with Crippen molar-refractivity contribution < 1.29 is 19.1 Å². The Labute approximate surface area is 208 Å². The molecule has 0 saturated carbocycles. The molecule has 2 aromatic heterocycles. The first-order chi connectivity index (χ1) is 17.0. The van der Waals surface area contributed by atoms with E-state index in [4.69, 9.17) is 0 Å². The summed E-state index contributed by atoms with van der Waals surface area (Å²) in [5.41, 5.74) is 1.73. The second kappa shape index (κ2) is 9.77. The van der Waals surface area contributed by atoms with Crippen molar-refractivity contribution in [3.05, 3.63) is 107 Å². The Morgan fingerprint density at radius 3 is 2.51 bits per heavy atom. The number of anilines is 1. The van der Waals surface area contributed by atoms with Crippen molar-refractivity contribution in [3.63, 3.8) is 0 Å². The van der Waals surface area contributed by atoms with Crippen LogP contribution in [0.4, 0.5) is 9.52 Å². The van der Waals surface area contributed by atoms with Gasteiger partial charge < -0.3 is 5.11 Å². The molecule has 1 aliphatic rings. The van der Waals surface area contributed by atoms with Gasteiger partial charge in [0, 0.05) is 23.7 Å². The number of pyridine rings is 1. The topological polar surface area (TPSA) is 96.3 Å². The molecule has 0 spiro atoms. The first kappa shape index (κ1) is 22.9. The molecule has 174 valence electrons. The lowest BCUT2D eigenvalue weighted by molar-refractivity contribution is -0.132. The standard InChI is InChI=1S/C25H17FN4O3S2/c26-18-10-8-16(9-11-18)21(31)19-20(17-7-4-12-27-13-17)30(23(33)22(19)32)24-28-29-25(35-24)34-14-15-5-2-1-3-6-15/h1-13,20,31H,14H2/b21-19-. The van der Waals surface area contributed by atoms with Crippen LogP contribution in [0, 0.1) is 5.82 Å². The van der Waals surface area contributed by atoms with E-state index in [2.05, 4.69) is 15.2 Å². The van der Waals surface area contributed by atoms with Crippen LogP contribution in [0.25, 0.3) is 5.76 Å². The number of benzene rings is 2. The van der Waals surface area contributed by atoms with Crippen LogP contribution in [0.15, 0.2) is 89.0 Å². The number of nitrogens with zero attached hydrogens (tertiary/aromatic N) is 4. The molecule has 1 atom stereocenters. The van der Waals surface area contributed by atoms with Gasteiger partial charge in [-0.1, -0.05) is 59.5 Å². The number of rotatable bonds is 6. The van der Waals surface area contributed by atoms with Gasteiger partial charge in [-0.25, -0.2) is 4.39 Å². The van der Waals surface area contributed by atoms with E-state index in [9.17, 15) is 19.1 Å². The van der Waals surface area contributed by atoms with E-state index in [1.54, 1.807) is 18.3 Å². The van der Waals surface area contributed by atoms with Crippen molar-refractivity contribution in [1.29, 1.82) is 0 Å². The number of carbonyl (C=O) groups excluding carboxylic acids is 2. The largest absolute Gasteiger partial charge is 0.507 e. The second-order valence-electron chi connectivity index (χ2n) is 7.59. The number of halogens is 1. The van der Waals surface area contributed by atoms with Crippen LogP contribution in [-0.2, 0) is 15.3 Å². The maximum absolute atomic E-state index is 13.4. The highest BCUT2D eigenvalue weighted by molar-refractivity contribution is 8.00. The first-order valence-corrected chi connectivity index (χ1v) is 12.3. The molecule has 2 aromatic carbocycles. The van der Waals surface area contributed by atoms with Crippen LogP contribution >= 0.6 is 23.1 Å². The Balaban J connectivity index is 1.53. The van der Waals surface area contributed by atoms with Crippen LogP contribution in [0.3, 0.4) is 0 Å². The Morgan fingerprint density at radius 1 is 1.03 bits per heavy atom.